The largest absolute Gasteiger partial charge is 0.465 e. The van der Waals surface area contributed by atoms with Crippen LogP contribution in [0, 0.1) is 6.92 Å². The van der Waals surface area contributed by atoms with Crippen LogP contribution in [0.5, 0.6) is 0 Å². The highest BCUT2D eigenvalue weighted by Gasteiger charge is 2.26. The average Bonchev–Trinajstić information content (AvgIpc) is 3.23. The van der Waals surface area contributed by atoms with Crippen LogP contribution in [0.4, 0.5) is 15.3 Å². The number of thiophene rings is 1. The Hall–Kier alpha value is -3.35. The molecule has 0 aliphatic carbocycles. The lowest BCUT2D eigenvalue weighted by Crippen LogP contribution is -2.24. The third-order valence-electron chi connectivity index (χ3n) is 4.95. The van der Waals surface area contributed by atoms with Gasteiger partial charge in [0.2, 0.25) is 9.84 Å². The molecule has 0 radical (unpaired) electrons. The highest BCUT2D eigenvalue weighted by Crippen LogP contribution is 2.39. The average molecular weight is 562 g/mol. The molecule has 2 aromatic carbocycles. The number of ether oxygens (including phenoxy) is 1. The number of nitrogens with two attached hydrogens (primary N) is 1. The van der Waals surface area contributed by atoms with Crippen molar-refractivity contribution >= 4 is 56.6 Å². The molecule has 37 heavy (non-hydrogen) atoms. The second-order valence-corrected chi connectivity index (χ2v) is 12.9. The maximum absolute atomic E-state index is 13.7. The van der Waals surface area contributed by atoms with Crippen LogP contribution >= 0.6 is 23.1 Å². The van der Waals surface area contributed by atoms with Crippen molar-refractivity contribution in [2.75, 3.05) is 11.6 Å². The standard InChI is InChI=1S/C25H27N3O6S3/c1-14-8-6-11-17(27-23(29)30)20(14)15-9-7-10-16(12-15)37(32,33)19-13-18(36-22(19)35-5)21(26)28-24(31)34-25(2,3)4/h6-13,27H,1-5H3,(H,29,30)(H2,26,28,31). The van der Waals surface area contributed by atoms with Gasteiger partial charge in [0.05, 0.1) is 24.6 Å². The summed E-state index contributed by atoms with van der Waals surface area (Å²) < 4.78 is 33.0. The van der Waals surface area contributed by atoms with Crippen LogP contribution in [0.3, 0.4) is 0 Å². The minimum atomic E-state index is -4.00. The Bertz CT molecular complexity index is 1490. The van der Waals surface area contributed by atoms with Gasteiger partial charge in [0.1, 0.15) is 11.4 Å². The van der Waals surface area contributed by atoms with Crippen LogP contribution in [0.2, 0.25) is 0 Å². The number of benzene rings is 2. The van der Waals surface area contributed by atoms with Crippen molar-refractivity contribution in [3.05, 3.63) is 59.0 Å². The highest BCUT2D eigenvalue weighted by molar-refractivity contribution is 8.01. The molecule has 12 heteroatoms. The molecule has 0 aliphatic heterocycles. The summed E-state index contributed by atoms with van der Waals surface area (Å²) in [5, 5.41) is 11.6. The second kappa shape index (κ2) is 11.0. The van der Waals surface area contributed by atoms with Gasteiger partial charge in [0.25, 0.3) is 0 Å². The van der Waals surface area contributed by atoms with E-state index in [1.165, 1.54) is 30.0 Å². The Morgan fingerprint density at radius 2 is 1.81 bits per heavy atom. The van der Waals surface area contributed by atoms with Crippen LogP contribution in [-0.4, -0.2) is 43.4 Å². The number of rotatable bonds is 6. The molecule has 4 N–H and O–H groups in total. The maximum Gasteiger partial charge on any atom is 0.436 e. The second-order valence-electron chi connectivity index (χ2n) is 8.90. The van der Waals surface area contributed by atoms with Crippen molar-refractivity contribution in [2.45, 2.75) is 47.3 Å². The number of thioether (sulfide) groups is 1. The van der Waals surface area contributed by atoms with E-state index >= 15 is 0 Å². The Kier molecular flexibility index (Phi) is 8.35. The summed E-state index contributed by atoms with van der Waals surface area (Å²) in [7, 11) is -4.00. The van der Waals surface area contributed by atoms with Gasteiger partial charge in [0, 0.05) is 5.56 Å². The van der Waals surface area contributed by atoms with Gasteiger partial charge >= 0.3 is 12.2 Å². The van der Waals surface area contributed by atoms with E-state index in [-0.39, 0.29) is 15.6 Å². The van der Waals surface area contributed by atoms with Gasteiger partial charge in [-0.1, -0.05) is 24.3 Å². The Morgan fingerprint density at radius 1 is 1.14 bits per heavy atom. The molecule has 1 heterocycles. The molecule has 196 valence electrons. The van der Waals surface area contributed by atoms with E-state index < -0.39 is 27.6 Å². The number of nitrogens with one attached hydrogen (secondary N) is 1. The molecule has 3 rings (SSSR count). The lowest BCUT2D eigenvalue weighted by atomic mass is 9.98. The number of carboxylic acid groups (broad SMARTS) is 1. The van der Waals surface area contributed by atoms with Crippen molar-refractivity contribution < 1.29 is 27.9 Å². The molecule has 0 atom stereocenters. The zero-order chi connectivity index (χ0) is 27.5. The Labute approximate surface area is 223 Å². The number of sulfone groups is 1. The predicted molar refractivity (Wildman–Crippen MR) is 147 cm³/mol. The molecule has 0 spiro atoms. The number of hydrogen-bond acceptors (Lipinski definition) is 7. The maximum atomic E-state index is 13.7. The first-order valence-electron chi connectivity index (χ1n) is 10.9. The molecule has 0 saturated carbocycles. The molecule has 9 nitrogen and oxygen atoms in total. The number of aliphatic imine (C=N–C) groups is 1. The number of carbonyl (C=O) groups is 2. The van der Waals surface area contributed by atoms with E-state index in [2.05, 4.69) is 10.3 Å². The fourth-order valence-electron chi connectivity index (χ4n) is 3.47. The smallest absolute Gasteiger partial charge is 0.436 e. The molecule has 0 saturated heterocycles. The number of carbonyl (C=O) groups excluding carboxylic acids is 1. The first-order chi connectivity index (χ1) is 17.2. The minimum Gasteiger partial charge on any atom is -0.465 e. The number of nitrogens with zero attached hydrogens (tertiary/aromatic N) is 1. The quantitative estimate of drug-likeness (QED) is 0.188. The van der Waals surface area contributed by atoms with Crippen LogP contribution in [-0.2, 0) is 14.6 Å². The topological polar surface area (TPSA) is 148 Å². The van der Waals surface area contributed by atoms with E-state index in [1.807, 2.05) is 13.0 Å². The van der Waals surface area contributed by atoms with Gasteiger partial charge in [-0.25, -0.2) is 18.0 Å². The molecule has 1 aromatic heterocycles. The predicted octanol–water partition coefficient (Wildman–Crippen LogP) is 6.01. The minimum absolute atomic E-state index is 0.0248. The molecular formula is C25H27N3O6S3. The van der Waals surface area contributed by atoms with Gasteiger partial charge in [-0.2, -0.15) is 4.99 Å². The zero-order valence-electron chi connectivity index (χ0n) is 20.9. The van der Waals surface area contributed by atoms with Crippen LogP contribution in [0.1, 0.15) is 31.2 Å². The highest BCUT2D eigenvalue weighted by atomic mass is 32.2. The Balaban J connectivity index is 2.06. The normalized spacial score (nSPS) is 12.3. The van der Waals surface area contributed by atoms with Gasteiger partial charge in [0.15, 0.2) is 0 Å². The van der Waals surface area contributed by atoms with Gasteiger partial charge in [-0.05, 0) is 69.3 Å². The Morgan fingerprint density at radius 3 is 2.43 bits per heavy atom. The molecule has 0 unspecified atom stereocenters. The van der Waals surface area contributed by atoms with E-state index in [1.54, 1.807) is 51.3 Å². The molecule has 2 amide bonds. The fraction of sp³-hybridized carbons (Fsp3) is 0.240. The molecule has 0 fully saturated rings. The van der Waals surface area contributed by atoms with Crippen molar-refractivity contribution in [1.29, 1.82) is 0 Å². The first kappa shape index (κ1) is 28.2. The number of anilines is 1. The van der Waals surface area contributed by atoms with Crippen LogP contribution in [0.15, 0.2) is 67.5 Å². The third kappa shape index (κ3) is 6.70. The monoisotopic (exact) mass is 561 g/mol. The lowest BCUT2D eigenvalue weighted by molar-refractivity contribution is 0.0604. The van der Waals surface area contributed by atoms with E-state index in [0.717, 1.165) is 16.9 Å². The van der Waals surface area contributed by atoms with E-state index in [9.17, 15) is 23.1 Å². The molecule has 3 aromatic rings. The number of aryl methyl sites for hydroxylation is 1. The van der Waals surface area contributed by atoms with E-state index in [4.69, 9.17) is 10.5 Å². The molecule has 0 bridgehead atoms. The fourth-order valence-corrected chi connectivity index (χ4v) is 7.41. The van der Waals surface area contributed by atoms with Crippen molar-refractivity contribution in [2.24, 2.45) is 10.7 Å². The summed E-state index contributed by atoms with van der Waals surface area (Å²) in [5.41, 5.74) is 7.48. The van der Waals surface area contributed by atoms with E-state index in [0.29, 0.717) is 25.9 Å². The number of amidine groups is 1. The van der Waals surface area contributed by atoms with Crippen LogP contribution in [0.25, 0.3) is 11.1 Å². The summed E-state index contributed by atoms with van der Waals surface area (Å²) in [6.07, 6.45) is -0.356. The van der Waals surface area contributed by atoms with Crippen LogP contribution < -0.4 is 11.1 Å². The van der Waals surface area contributed by atoms with Crippen molar-refractivity contribution in [1.82, 2.24) is 0 Å². The SMILES string of the molecule is CSc1sc(/C(N)=N\C(=O)OC(C)(C)C)cc1S(=O)(=O)c1cccc(-c2c(C)cccc2NC(=O)O)c1. The van der Waals surface area contributed by atoms with Gasteiger partial charge < -0.3 is 15.6 Å². The molecule has 0 aliphatic rings. The van der Waals surface area contributed by atoms with Gasteiger partial charge in [-0.3, -0.25) is 5.32 Å². The summed E-state index contributed by atoms with van der Waals surface area (Å²) in [5.74, 6) is -0.144. The molecular weight excluding hydrogens is 534 g/mol. The lowest BCUT2D eigenvalue weighted by Gasteiger charge is -2.17. The zero-order valence-corrected chi connectivity index (χ0v) is 23.3. The summed E-state index contributed by atoms with van der Waals surface area (Å²) in [6, 6.07) is 12.8. The van der Waals surface area contributed by atoms with Gasteiger partial charge in [-0.15, -0.1) is 23.1 Å². The summed E-state index contributed by atoms with van der Waals surface area (Å²) in [6.45, 7) is 6.91. The van der Waals surface area contributed by atoms with Crippen molar-refractivity contribution in [3.63, 3.8) is 0 Å². The first-order valence-corrected chi connectivity index (χ1v) is 14.5. The number of amides is 2. The van der Waals surface area contributed by atoms with Crippen molar-refractivity contribution in [3.8, 4) is 11.1 Å². The summed E-state index contributed by atoms with van der Waals surface area (Å²) >= 11 is 2.34. The summed E-state index contributed by atoms with van der Waals surface area (Å²) in [4.78, 5) is 27.5. The number of hydrogen-bond donors (Lipinski definition) is 3. The third-order valence-corrected chi connectivity index (χ3v) is 9.27.